The molecule has 0 aromatic heterocycles. The van der Waals surface area contributed by atoms with E-state index in [2.05, 4.69) is 4.72 Å². The van der Waals surface area contributed by atoms with Gasteiger partial charge in [0.15, 0.2) is 6.10 Å². The summed E-state index contributed by atoms with van der Waals surface area (Å²) in [6.45, 7) is -0.226. The number of sulfonamides is 1. The number of carbonyl (C=O) groups is 1. The van der Waals surface area contributed by atoms with Crippen LogP contribution in [0.25, 0.3) is 0 Å². The number of benzene rings is 1. The van der Waals surface area contributed by atoms with Crippen molar-refractivity contribution >= 4 is 16.0 Å². The van der Waals surface area contributed by atoms with Crippen molar-refractivity contribution < 1.29 is 32.9 Å². The summed E-state index contributed by atoms with van der Waals surface area (Å²) in [6, 6.07) is 4.28. The van der Waals surface area contributed by atoms with Crippen LogP contribution in [0.4, 0.5) is 0 Å². The minimum absolute atomic E-state index is 0.127. The molecule has 8 nitrogen and oxygen atoms in total. The summed E-state index contributed by atoms with van der Waals surface area (Å²) in [6.07, 6.45) is -1.87. The standard InChI is InChI=1S/C12H17NO7S/c1-19-8-3-4-10(20-2)11(7-8)21(17,18)13-6-5-9(14)12(15)16/h3-4,7,9,13-14H,5-6H2,1-2H3,(H,15,16). The summed E-state index contributed by atoms with van der Waals surface area (Å²) < 4.78 is 36.4. The number of aliphatic hydroxyl groups excluding tert-OH is 1. The maximum atomic E-state index is 12.2. The van der Waals surface area contributed by atoms with Crippen molar-refractivity contribution in [3.05, 3.63) is 18.2 Å². The highest BCUT2D eigenvalue weighted by Gasteiger charge is 2.21. The van der Waals surface area contributed by atoms with Crippen molar-refractivity contribution in [1.29, 1.82) is 0 Å². The average molecular weight is 319 g/mol. The summed E-state index contributed by atoms with van der Waals surface area (Å²) in [4.78, 5) is 10.3. The van der Waals surface area contributed by atoms with Gasteiger partial charge in [-0.05, 0) is 18.6 Å². The van der Waals surface area contributed by atoms with Gasteiger partial charge in [0.2, 0.25) is 10.0 Å². The lowest BCUT2D eigenvalue weighted by atomic mass is 10.3. The fourth-order valence-electron chi connectivity index (χ4n) is 1.53. The molecular weight excluding hydrogens is 302 g/mol. The lowest BCUT2D eigenvalue weighted by Crippen LogP contribution is -2.30. The van der Waals surface area contributed by atoms with E-state index in [9.17, 15) is 13.2 Å². The number of aliphatic hydroxyl groups is 1. The molecule has 3 N–H and O–H groups in total. The van der Waals surface area contributed by atoms with Gasteiger partial charge in [0.25, 0.3) is 0 Å². The third-order valence-electron chi connectivity index (χ3n) is 2.66. The maximum absolute atomic E-state index is 12.2. The molecule has 0 saturated heterocycles. The highest BCUT2D eigenvalue weighted by Crippen LogP contribution is 2.27. The second kappa shape index (κ2) is 7.25. The van der Waals surface area contributed by atoms with E-state index in [1.807, 2.05) is 0 Å². The van der Waals surface area contributed by atoms with Crippen molar-refractivity contribution in [3.63, 3.8) is 0 Å². The molecule has 0 aliphatic rings. The van der Waals surface area contributed by atoms with Crippen LogP contribution in [0.5, 0.6) is 11.5 Å². The van der Waals surface area contributed by atoms with Crippen LogP contribution in [0.2, 0.25) is 0 Å². The third-order valence-corrected chi connectivity index (χ3v) is 4.14. The van der Waals surface area contributed by atoms with Crippen LogP contribution >= 0.6 is 0 Å². The van der Waals surface area contributed by atoms with Crippen molar-refractivity contribution in [2.24, 2.45) is 0 Å². The predicted molar refractivity (Wildman–Crippen MR) is 73.0 cm³/mol. The predicted octanol–water partition coefficient (Wildman–Crippen LogP) is -0.182. The van der Waals surface area contributed by atoms with E-state index >= 15 is 0 Å². The largest absolute Gasteiger partial charge is 0.497 e. The average Bonchev–Trinajstić information content (AvgIpc) is 2.46. The molecule has 1 aromatic carbocycles. The number of methoxy groups -OCH3 is 2. The minimum Gasteiger partial charge on any atom is -0.497 e. The first kappa shape index (κ1) is 17.2. The molecule has 0 radical (unpaired) electrons. The van der Waals surface area contributed by atoms with Gasteiger partial charge in [0, 0.05) is 12.6 Å². The first-order valence-corrected chi connectivity index (χ1v) is 7.42. The number of carboxylic acid groups (broad SMARTS) is 1. The highest BCUT2D eigenvalue weighted by atomic mass is 32.2. The Labute approximate surface area is 122 Å². The van der Waals surface area contributed by atoms with Crippen molar-refractivity contribution in [2.45, 2.75) is 17.4 Å². The molecule has 0 amide bonds. The van der Waals surface area contributed by atoms with Crippen molar-refractivity contribution in [3.8, 4) is 11.5 Å². The topological polar surface area (TPSA) is 122 Å². The summed E-state index contributed by atoms with van der Waals surface area (Å²) >= 11 is 0. The van der Waals surface area contributed by atoms with E-state index < -0.39 is 22.1 Å². The van der Waals surface area contributed by atoms with Crippen molar-refractivity contribution in [2.75, 3.05) is 20.8 Å². The normalized spacial score (nSPS) is 12.7. The zero-order valence-electron chi connectivity index (χ0n) is 11.6. The quantitative estimate of drug-likeness (QED) is 0.607. The Kier molecular flexibility index (Phi) is 5.94. The molecule has 1 aromatic rings. The van der Waals surface area contributed by atoms with E-state index in [0.717, 1.165) is 0 Å². The van der Waals surface area contributed by atoms with E-state index in [-0.39, 0.29) is 23.6 Å². The molecule has 0 spiro atoms. The molecular formula is C12H17NO7S. The Morgan fingerprint density at radius 1 is 1.33 bits per heavy atom. The van der Waals surface area contributed by atoms with E-state index in [1.54, 1.807) is 6.07 Å². The Hall–Kier alpha value is -1.84. The number of nitrogens with one attached hydrogen (secondary N) is 1. The van der Waals surface area contributed by atoms with E-state index in [1.165, 1.54) is 26.4 Å². The zero-order valence-corrected chi connectivity index (χ0v) is 12.4. The van der Waals surface area contributed by atoms with Gasteiger partial charge in [-0.15, -0.1) is 0 Å². The van der Waals surface area contributed by atoms with Crippen LogP contribution in [0.1, 0.15) is 6.42 Å². The smallest absolute Gasteiger partial charge is 0.332 e. The van der Waals surface area contributed by atoms with E-state index in [4.69, 9.17) is 19.7 Å². The third kappa shape index (κ3) is 4.59. The number of aliphatic carboxylic acids is 1. The van der Waals surface area contributed by atoms with Crippen LogP contribution in [-0.4, -0.2) is 51.5 Å². The summed E-state index contributed by atoms with van der Waals surface area (Å²) in [5.41, 5.74) is 0. The van der Waals surface area contributed by atoms with E-state index in [0.29, 0.717) is 5.75 Å². The number of hydrogen-bond donors (Lipinski definition) is 3. The molecule has 9 heteroatoms. The van der Waals surface area contributed by atoms with Gasteiger partial charge in [0.05, 0.1) is 14.2 Å². The number of ether oxygens (including phenoxy) is 2. The first-order chi connectivity index (χ1) is 9.81. The SMILES string of the molecule is COc1ccc(OC)c(S(=O)(=O)NCCC(O)C(=O)O)c1. The second-order valence-electron chi connectivity index (χ2n) is 4.06. The Bertz CT molecular complexity index is 600. The number of rotatable bonds is 8. The Morgan fingerprint density at radius 2 is 2.00 bits per heavy atom. The van der Waals surface area contributed by atoms with Crippen LogP contribution in [0.15, 0.2) is 23.1 Å². The number of carboxylic acids is 1. The van der Waals surface area contributed by atoms with Gasteiger partial charge in [-0.3, -0.25) is 0 Å². The van der Waals surface area contributed by atoms with Gasteiger partial charge < -0.3 is 19.7 Å². The second-order valence-corrected chi connectivity index (χ2v) is 5.79. The van der Waals surface area contributed by atoms with Gasteiger partial charge in [-0.25, -0.2) is 17.9 Å². The molecule has 118 valence electrons. The molecule has 0 bridgehead atoms. The molecule has 0 saturated carbocycles. The molecule has 1 atom stereocenters. The van der Waals surface area contributed by atoms with Crippen LogP contribution < -0.4 is 14.2 Å². The summed E-state index contributed by atoms with van der Waals surface area (Å²) in [5.74, 6) is -0.947. The molecule has 0 fully saturated rings. The summed E-state index contributed by atoms with van der Waals surface area (Å²) in [7, 11) is -1.19. The van der Waals surface area contributed by atoms with Gasteiger partial charge in [-0.2, -0.15) is 0 Å². The monoisotopic (exact) mass is 319 g/mol. The lowest BCUT2D eigenvalue weighted by Gasteiger charge is -2.12. The molecule has 1 rings (SSSR count). The molecule has 0 aliphatic heterocycles. The zero-order chi connectivity index (χ0) is 16.0. The van der Waals surface area contributed by atoms with Crippen molar-refractivity contribution in [1.82, 2.24) is 4.72 Å². The van der Waals surface area contributed by atoms with Crippen LogP contribution in [0.3, 0.4) is 0 Å². The molecule has 1 unspecified atom stereocenters. The fourth-order valence-corrected chi connectivity index (χ4v) is 2.75. The van der Waals surface area contributed by atoms with Gasteiger partial charge in [0.1, 0.15) is 16.4 Å². The minimum atomic E-state index is -3.92. The van der Waals surface area contributed by atoms with Gasteiger partial charge >= 0.3 is 5.97 Å². The maximum Gasteiger partial charge on any atom is 0.332 e. The van der Waals surface area contributed by atoms with Gasteiger partial charge in [-0.1, -0.05) is 0 Å². The molecule has 21 heavy (non-hydrogen) atoms. The Balaban J connectivity index is 2.89. The first-order valence-electron chi connectivity index (χ1n) is 5.94. The van der Waals surface area contributed by atoms with Crippen LogP contribution in [0, 0.1) is 0 Å². The van der Waals surface area contributed by atoms with Crippen LogP contribution in [-0.2, 0) is 14.8 Å². The molecule has 0 heterocycles. The number of hydrogen-bond acceptors (Lipinski definition) is 6. The molecule has 0 aliphatic carbocycles. The lowest BCUT2D eigenvalue weighted by molar-refractivity contribution is -0.146. The Morgan fingerprint density at radius 3 is 2.52 bits per heavy atom. The highest BCUT2D eigenvalue weighted by molar-refractivity contribution is 7.89. The summed E-state index contributed by atoms with van der Waals surface area (Å²) in [5, 5.41) is 17.6. The fraction of sp³-hybridized carbons (Fsp3) is 0.417.